The van der Waals surface area contributed by atoms with Crippen LogP contribution in [0.1, 0.15) is 53.9 Å². The number of aryl methyl sites for hydroxylation is 1. The Hall–Kier alpha value is -2.54. The van der Waals surface area contributed by atoms with Crippen LogP contribution in [0.25, 0.3) is 0 Å². The van der Waals surface area contributed by atoms with Gasteiger partial charge in [-0.2, -0.15) is 0 Å². The summed E-state index contributed by atoms with van der Waals surface area (Å²) >= 11 is 0. The van der Waals surface area contributed by atoms with Crippen LogP contribution in [0.15, 0.2) is 24.4 Å². The first-order chi connectivity index (χ1) is 12.9. The molecule has 1 unspecified atom stereocenters. The molecule has 1 aliphatic heterocycles. The number of amides is 1. The zero-order chi connectivity index (χ0) is 19.6. The molecule has 1 amide bonds. The van der Waals surface area contributed by atoms with Crippen molar-refractivity contribution in [3.63, 3.8) is 0 Å². The van der Waals surface area contributed by atoms with Crippen molar-refractivity contribution in [2.75, 3.05) is 18.0 Å². The standard InChI is InChI=1S/C20H28N6O/c1-12(2)17(16-7-5-6-9-22-16)24-15-8-10-26(11-15)20-13(3)14(4)23-19(25-20)18(21)27/h5-7,9,12,15,17,24H,8,10-11H2,1-4H3,(H2,21,27)/t15-,17?/m1/s1. The first-order valence-electron chi connectivity index (χ1n) is 9.43. The van der Waals surface area contributed by atoms with Crippen molar-refractivity contribution in [2.24, 2.45) is 11.7 Å². The highest BCUT2D eigenvalue weighted by molar-refractivity contribution is 5.89. The highest BCUT2D eigenvalue weighted by Gasteiger charge is 2.29. The number of rotatable bonds is 6. The summed E-state index contributed by atoms with van der Waals surface area (Å²) in [5.41, 5.74) is 8.24. The summed E-state index contributed by atoms with van der Waals surface area (Å²) in [7, 11) is 0. The Labute approximate surface area is 160 Å². The molecule has 144 valence electrons. The van der Waals surface area contributed by atoms with E-state index in [2.05, 4.69) is 45.1 Å². The summed E-state index contributed by atoms with van der Waals surface area (Å²) < 4.78 is 0. The second-order valence-electron chi connectivity index (χ2n) is 7.52. The van der Waals surface area contributed by atoms with Gasteiger partial charge in [0.2, 0.25) is 5.82 Å². The van der Waals surface area contributed by atoms with E-state index in [1.807, 2.05) is 32.2 Å². The van der Waals surface area contributed by atoms with Gasteiger partial charge in [-0.3, -0.25) is 9.78 Å². The van der Waals surface area contributed by atoms with Gasteiger partial charge in [-0.25, -0.2) is 9.97 Å². The second-order valence-corrected chi connectivity index (χ2v) is 7.52. The predicted octanol–water partition coefficient (Wildman–Crippen LogP) is 2.15. The molecule has 1 aliphatic rings. The van der Waals surface area contributed by atoms with Crippen molar-refractivity contribution >= 4 is 11.7 Å². The van der Waals surface area contributed by atoms with E-state index in [1.165, 1.54) is 0 Å². The molecule has 3 heterocycles. The van der Waals surface area contributed by atoms with Gasteiger partial charge in [-0.05, 0) is 38.3 Å². The van der Waals surface area contributed by atoms with E-state index >= 15 is 0 Å². The topological polar surface area (TPSA) is 97.0 Å². The van der Waals surface area contributed by atoms with Crippen LogP contribution in [0.2, 0.25) is 0 Å². The molecule has 2 aromatic rings. The Bertz CT molecular complexity index is 808. The quantitative estimate of drug-likeness (QED) is 0.811. The summed E-state index contributed by atoms with van der Waals surface area (Å²) in [4.78, 5) is 26.9. The molecule has 1 saturated heterocycles. The average Bonchev–Trinajstić information content (AvgIpc) is 3.10. The normalized spacial score (nSPS) is 18.1. The fourth-order valence-electron chi connectivity index (χ4n) is 3.55. The minimum absolute atomic E-state index is 0.0815. The molecule has 2 atom stereocenters. The summed E-state index contributed by atoms with van der Waals surface area (Å²) in [5.74, 6) is 0.722. The van der Waals surface area contributed by atoms with E-state index in [1.54, 1.807) is 0 Å². The van der Waals surface area contributed by atoms with Crippen LogP contribution in [0.5, 0.6) is 0 Å². The Kier molecular flexibility index (Phi) is 5.70. The molecule has 7 nitrogen and oxygen atoms in total. The van der Waals surface area contributed by atoms with Crippen LogP contribution in [0.4, 0.5) is 5.82 Å². The Morgan fingerprint density at radius 1 is 1.30 bits per heavy atom. The number of nitrogens with zero attached hydrogens (tertiary/aromatic N) is 4. The molecule has 27 heavy (non-hydrogen) atoms. The highest BCUT2D eigenvalue weighted by Crippen LogP contribution is 2.26. The largest absolute Gasteiger partial charge is 0.363 e. The molecule has 0 bridgehead atoms. The molecule has 3 rings (SSSR count). The number of nitrogens with one attached hydrogen (secondary N) is 1. The lowest BCUT2D eigenvalue weighted by Gasteiger charge is -2.26. The Balaban J connectivity index is 1.76. The monoisotopic (exact) mass is 368 g/mol. The van der Waals surface area contributed by atoms with Crippen LogP contribution >= 0.6 is 0 Å². The van der Waals surface area contributed by atoms with Gasteiger partial charge < -0.3 is 16.0 Å². The van der Waals surface area contributed by atoms with E-state index in [-0.39, 0.29) is 11.9 Å². The second kappa shape index (κ2) is 8.00. The maximum atomic E-state index is 11.5. The van der Waals surface area contributed by atoms with Crippen molar-refractivity contribution in [1.29, 1.82) is 0 Å². The van der Waals surface area contributed by atoms with E-state index in [0.29, 0.717) is 12.0 Å². The lowest BCUT2D eigenvalue weighted by molar-refractivity contribution is 0.0990. The zero-order valence-electron chi connectivity index (χ0n) is 16.4. The van der Waals surface area contributed by atoms with Gasteiger partial charge in [0.25, 0.3) is 5.91 Å². The number of hydrogen-bond donors (Lipinski definition) is 2. The molecule has 1 fully saturated rings. The van der Waals surface area contributed by atoms with E-state index < -0.39 is 5.91 Å². The molecule has 3 N–H and O–H groups in total. The van der Waals surface area contributed by atoms with Gasteiger partial charge in [0, 0.05) is 36.6 Å². The van der Waals surface area contributed by atoms with E-state index in [0.717, 1.165) is 42.3 Å². The van der Waals surface area contributed by atoms with Gasteiger partial charge in [-0.15, -0.1) is 0 Å². The smallest absolute Gasteiger partial charge is 0.286 e. The first kappa shape index (κ1) is 19.2. The van der Waals surface area contributed by atoms with Crippen molar-refractivity contribution in [2.45, 2.75) is 46.2 Å². The van der Waals surface area contributed by atoms with E-state index in [4.69, 9.17) is 5.73 Å². The Morgan fingerprint density at radius 3 is 2.70 bits per heavy atom. The minimum Gasteiger partial charge on any atom is -0.363 e. The molecule has 0 radical (unpaired) electrons. The molecule has 7 heteroatoms. The van der Waals surface area contributed by atoms with Crippen LogP contribution < -0.4 is 16.0 Å². The van der Waals surface area contributed by atoms with Crippen molar-refractivity contribution in [1.82, 2.24) is 20.3 Å². The van der Waals surface area contributed by atoms with Gasteiger partial charge in [-0.1, -0.05) is 19.9 Å². The lowest BCUT2D eigenvalue weighted by Crippen LogP contribution is -2.38. The van der Waals surface area contributed by atoms with Crippen molar-refractivity contribution < 1.29 is 4.79 Å². The number of carbonyl (C=O) groups is 1. The van der Waals surface area contributed by atoms with Gasteiger partial charge in [0.1, 0.15) is 5.82 Å². The lowest BCUT2D eigenvalue weighted by atomic mass is 9.99. The average molecular weight is 368 g/mol. The summed E-state index contributed by atoms with van der Waals surface area (Å²) in [6, 6.07) is 6.56. The van der Waals surface area contributed by atoms with Gasteiger partial charge in [0.15, 0.2) is 0 Å². The molecule has 0 spiro atoms. The fourth-order valence-corrected chi connectivity index (χ4v) is 3.55. The SMILES string of the molecule is Cc1nc(C(N)=O)nc(N2CC[C@@H](NC(c3ccccn3)C(C)C)C2)c1C. The van der Waals surface area contributed by atoms with Gasteiger partial charge in [0.05, 0.1) is 11.7 Å². The summed E-state index contributed by atoms with van der Waals surface area (Å²) in [6.45, 7) is 9.98. The fraction of sp³-hybridized carbons (Fsp3) is 0.500. The molecular weight excluding hydrogens is 340 g/mol. The van der Waals surface area contributed by atoms with Gasteiger partial charge >= 0.3 is 0 Å². The minimum atomic E-state index is -0.594. The third-order valence-electron chi connectivity index (χ3n) is 5.16. The molecule has 0 aliphatic carbocycles. The Morgan fingerprint density at radius 2 is 2.07 bits per heavy atom. The molecular formula is C20H28N6O. The van der Waals surface area contributed by atoms with Crippen molar-refractivity contribution in [3.05, 3.63) is 47.2 Å². The number of anilines is 1. The number of aromatic nitrogens is 3. The van der Waals surface area contributed by atoms with Crippen LogP contribution in [-0.2, 0) is 0 Å². The van der Waals surface area contributed by atoms with E-state index in [9.17, 15) is 4.79 Å². The number of nitrogens with two attached hydrogens (primary N) is 1. The number of carbonyl (C=O) groups excluding carboxylic acids is 1. The molecule has 0 aromatic carbocycles. The predicted molar refractivity (Wildman–Crippen MR) is 106 cm³/mol. The summed E-state index contributed by atoms with van der Waals surface area (Å²) in [5, 5.41) is 3.76. The molecule has 0 saturated carbocycles. The zero-order valence-corrected chi connectivity index (χ0v) is 16.4. The van der Waals surface area contributed by atoms with Crippen LogP contribution in [-0.4, -0.2) is 40.0 Å². The number of hydrogen-bond acceptors (Lipinski definition) is 6. The summed E-state index contributed by atoms with van der Waals surface area (Å²) in [6.07, 6.45) is 2.84. The highest BCUT2D eigenvalue weighted by atomic mass is 16.1. The van der Waals surface area contributed by atoms with Crippen LogP contribution in [0, 0.1) is 19.8 Å². The number of pyridine rings is 1. The third kappa shape index (κ3) is 4.24. The third-order valence-corrected chi connectivity index (χ3v) is 5.16. The number of primary amides is 1. The molecule has 2 aromatic heterocycles. The van der Waals surface area contributed by atoms with Crippen LogP contribution in [0.3, 0.4) is 0 Å². The maximum Gasteiger partial charge on any atom is 0.286 e. The van der Waals surface area contributed by atoms with Crippen molar-refractivity contribution in [3.8, 4) is 0 Å². The maximum absolute atomic E-state index is 11.5. The first-order valence-corrected chi connectivity index (χ1v) is 9.43.